The first-order valence-corrected chi connectivity index (χ1v) is 6.05. The number of hydrogen-bond acceptors (Lipinski definition) is 4. The molecule has 18 heavy (non-hydrogen) atoms. The van der Waals surface area contributed by atoms with Gasteiger partial charge in [-0.3, -0.25) is 4.79 Å². The molecule has 0 bridgehead atoms. The zero-order valence-corrected chi connectivity index (χ0v) is 10.8. The Morgan fingerprint density at radius 3 is 2.61 bits per heavy atom. The maximum Gasteiger partial charge on any atom is 0.237 e. The van der Waals surface area contributed by atoms with Crippen LogP contribution in [0.4, 0.5) is 0 Å². The molecule has 0 amide bonds. The van der Waals surface area contributed by atoms with E-state index < -0.39 is 0 Å². The van der Waals surface area contributed by atoms with Gasteiger partial charge in [-0.05, 0) is 13.8 Å². The first-order valence-electron chi connectivity index (χ1n) is 6.05. The Kier molecular flexibility index (Phi) is 3.55. The molecule has 1 atom stereocenters. The molecule has 0 saturated carbocycles. The number of Topliss-reactive ketones (excluding diaryl/α,β-unsaturated/α-hetero) is 1. The average molecular weight is 244 g/mol. The molecule has 1 aromatic heterocycles. The van der Waals surface area contributed by atoms with Crippen LogP contribution in [0.15, 0.2) is 28.8 Å². The molecule has 2 aromatic rings. The number of ketones is 1. The summed E-state index contributed by atoms with van der Waals surface area (Å²) >= 11 is 0. The van der Waals surface area contributed by atoms with Crippen molar-refractivity contribution in [2.45, 2.75) is 33.1 Å². The SMILES string of the molecule is CCC(=O)C(C)c1nc(-c2ccc(C)cc2)no1. The highest BCUT2D eigenvalue weighted by Crippen LogP contribution is 2.21. The number of aromatic nitrogens is 2. The third-order valence-corrected chi connectivity index (χ3v) is 2.95. The molecule has 0 radical (unpaired) electrons. The van der Waals surface area contributed by atoms with Crippen molar-refractivity contribution in [3.63, 3.8) is 0 Å². The highest BCUT2D eigenvalue weighted by molar-refractivity contribution is 5.84. The van der Waals surface area contributed by atoms with Crippen molar-refractivity contribution in [2.24, 2.45) is 0 Å². The molecule has 0 aliphatic heterocycles. The van der Waals surface area contributed by atoms with E-state index in [2.05, 4.69) is 10.1 Å². The number of carbonyl (C=O) groups is 1. The van der Waals surface area contributed by atoms with Gasteiger partial charge in [0.2, 0.25) is 11.7 Å². The van der Waals surface area contributed by atoms with Gasteiger partial charge in [-0.15, -0.1) is 0 Å². The van der Waals surface area contributed by atoms with Crippen molar-refractivity contribution in [2.75, 3.05) is 0 Å². The van der Waals surface area contributed by atoms with Gasteiger partial charge < -0.3 is 4.52 Å². The Bertz CT molecular complexity index is 543. The second kappa shape index (κ2) is 5.12. The normalized spacial score (nSPS) is 12.4. The van der Waals surface area contributed by atoms with Crippen LogP contribution in [0.2, 0.25) is 0 Å². The predicted octanol–water partition coefficient (Wildman–Crippen LogP) is 3.13. The van der Waals surface area contributed by atoms with E-state index in [0.29, 0.717) is 18.1 Å². The number of benzene rings is 1. The summed E-state index contributed by atoms with van der Waals surface area (Å²) in [4.78, 5) is 15.9. The third-order valence-electron chi connectivity index (χ3n) is 2.95. The van der Waals surface area contributed by atoms with Gasteiger partial charge in [-0.2, -0.15) is 4.98 Å². The molecular weight excluding hydrogens is 228 g/mol. The minimum absolute atomic E-state index is 0.106. The monoisotopic (exact) mass is 244 g/mol. The van der Waals surface area contributed by atoms with Gasteiger partial charge in [-0.25, -0.2) is 0 Å². The van der Waals surface area contributed by atoms with Gasteiger partial charge >= 0.3 is 0 Å². The molecule has 94 valence electrons. The largest absolute Gasteiger partial charge is 0.338 e. The van der Waals surface area contributed by atoms with Crippen LogP contribution in [-0.4, -0.2) is 15.9 Å². The summed E-state index contributed by atoms with van der Waals surface area (Å²) in [5.74, 6) is 0.689. The van der Waals surface area contributed by atoms with E-state index in [-0.39, 0.29) is 11.7 Å². The molecule has 0 saturated heterocycles. The second-order valence-corrected chi connectivity index (χ2v) is 4.36. The Hall–Kier alpha value is -1.97. The minimum atomic E-state index is -0.332. The Labute approximate surface area is 106 Å². The van der Waals surface area contributed by atoms with E-state index in [4.69, 9.17) is 4.52 Å². The first-order chi connectivity index (χ1) is 8.61. The lowest BCUT2D eigenvalue weighted by Gasteiger charge is -2.01. The van der Waals surface area contributed by atoms with Crippen LogP contribution in [-0.2, 0) is 4.79 Å². The fourth-order valence-electron chi connectivity index (χ4n) is 1.67. The number of aryl methyl sites for hydroxylation is 1. The summed E-state index contributed by atoms with van der Waals surface area (Å²) in [6, 6.07) is 7.87. The Balaban J connectivity index is 2.25. The highest BCUT2D eigenvalue weighted by Gasteiger charge is 2.20. The first kappa shape index (κ1) is 12.5. The lowest BCUT2D eigenvalue weighted by molar-refractivity contribution is -0.120. The Morgan fingerprint density at radius 1 is 1.33 bits per heavy atom. The summed E-state index contributed by atoms with van der Waals surface area (Å²) < 4.78 is 5.15. The quantitative estimate of drug-likeness (QED) is 0.829. The van der Waals surface area contributed by atoms with Crippen LogP contribution in [0.3, 0.4) is 0 Å². The predicted molar refractivity (Wildman–Crippen MR) is 68.2 cm³/mol. The van der Waals surface area contributed by atoms with Gasteiger partial charge in [0.15, 0.2) is 0 Å². The van der Waals surface area contributed by atoms with E-state index in [1.54, 1.807) is 6.92 Å². The van der Waals surface area contributed by atoms with Crippen LogP contribution in [0.25, 0.3) is 11.4 Å². The number of rotatable bonds is 4. The van der Waals surface area contributed by atoms with Gasteiger partial charge in [0.1, 0.15) is 5.78 Å². The van der Waals surface area contributed by atoms with Crippen molar-refractivity contribution in [1.29, 1.82) is 0 Å². The summed E-state index contributed by atoms with van der Waals surface area (Å²) in [5.41, 5.74) is 2.07. The maximum absolute atomic E-state index is 11.6. The maximum atomic E-state index is 11.6. The molecule has 0 N–H and O–H groups in total. The van der Waals surface area contributed by atoms with Crippen molar-refractivity contribution < 1.29 is 9.32 Å². The summed E-state index contributed by atoms with van der Waals surface area (Å²) in [5, 5.41) is 3.92. The van der Waals surface area contributed by atoms with Gasteiger partial charge in [0.25, 0.3) is 0 Å². The Morgan fingerprint density at radius 2 is 2.00 bits per heavy atom. The molecule has 1 heterocycles. The molecule has 4 heteroatoms. The highest BCUT2D eigenvalue weighted by atomic mass is 16.5. The minimum Gasteiger partial charge on any atom is -0.338 e. The van der Waals surface area contributed by atoms with E-state index in [9.17, 15) is 4.79 Å². The fraction of sp³-hybridized carbons (Fsp3) is 0.357. The second-order valence-electron chi connectivity index (χ2n) is 4.36. The topological polar surface area (TPSA) is 56.0 Å². The zero-order valence-electron chi connectivity index (χ0n) is 10.8. The van der Waals surface area contributed by atoms with Crippen LogP contribution in [0, 0.1) is 6.92 Å². The van der Waals surface area contributed by atoms with E-state index >= 15 is 0 Å². The number of nitrogens with zero attached hydrogens (tertiary/aromatic N) is 2. The van der Waals surface area contributed by atoms with Gasteiger partial charge in [-0.1, -0.05) is 41.9 Å². The summed E-state index contributed by atoms with van der Waals surface area (Å²) in [6.07, 6.45) is 0.476. The van der Waals surface area contributed by atoms with Crippen molar-refractivity contribution in [3.05, 3.63) is 35.7 Å². The summed E-state index contributed by atoms with van der Waals surface area (Å²) in [6.45, 7) is 5.64. The molecular formula is C14H16N2O2. The van der Waals surface area contributed by atoms with Crippen molar-refractivity contribution in [3.8, 4) is 11.4 Å². The van der Waals surface area contributed by atoms with Crippen LogP contribution in [0.1, 0.15) is 37.6 Å². The molecule has 1 unspecified atom stereocenters. The lowest BCUT2D eigenvalue weighted by Crippen LogP contribution is -2.07. The molecule has 0 fully saturated rings. The molecule has 4 nitrogen and oxygen atoms in total. The van der Waals surface area contributed by atoms with E-state index in [1.807, 2.05) is 38.1 Å². The van der Waals surface area contributed by atoms with Crippen LogP contribution >= 0.6 is 0 Å². The van der Waals surface area contributed by atoms with Crippen LogP contribution < -0.4 is 0 Å². The average Bonchev–Trinajstić information content (AvgIpc) is 2.87. The zero-order chi connectivity index (χ0) is 13.1. The van der Waals surface area contributed by atoms with E-state index in [0.717, 1.165) is 5.56 Å². The molecule has 1 aromatic carbocycles. The fourth-order valence-corrected chi connectivity index (χ4v) is 1.67. The van der Waals surface area contributed by atoms with Crippen molar-refractivity contribution >= 4 is 5.78 Å². The standard InChI is InChI=1S/C14H16N2O2/c1-4-12(17)10(3)14-15-13(16-18-14)11-7-5-9(2)6-8-11/h5-8,10H,4H2,1-3H3. The third kappa shape index (κ3) is 2.47. The molecule has 0 aliphatic rings. The lowest BCUT2D eigenvalue weighted by atomic mass is 10.1. The number of hydrogen-bond donors (Lipinski definition) is 0. The smallest absolute Gasteiger partial charge is 0.237 e. The van der Waals surface area contributed by atoms with Crippen molar-refractivity contribution in [1.82, 2.24) is 10.1 Å². The van der Waals surface area contributed by atoms with Gasteiger partial charge in [0, 0.05) is 12.0 Å². The van der Waals surface area contributed by atoms with Gasteiger partial charge in [0.05, 0.1) is 5.92 Å². The van der Waals surface area contributed by atoms with Crippen LogP contribution in [0.5, 0.6) is 0 Å². The molecule has 0 spiro atoms. The molecule has 0 aliphatic carbocycles. The number of carbonyl (C=O) groups excluding carboxylic acids is 1. The summed E-state index contributed by atoms with van der Waals surface area (Å²) in [7, 11) is 0. The van der Waals surface area contributed by atoms with E-state index in [1.165, 1.54) is 5.56 Å². The molecule has 2 rings (SSSR count).